The lowest BCUT2D eigenvalue weighted by Crippen LogP contribution is -2.15. The summed E-state index contributed by atoms with van der Waals surface area (Å²) < 4.78 is 13.5. The number of nitrogens with zero attached hydrogens (tertiary/aromatic N) is 4. The van der Waals surface area contributed by atoms with Gasteiger partial charge < -0.3 is 14.1 Å². The number of ether oxygens (including phenoxy) is 1. The van der Waals surface area contributed by atoms with Crippen LogP contribution in [0.2, 0.25) is 0 Å². The van der Waals surface area contributed by atoms with E-state index in [-0.39, 0.29) is 28.9 Å². The van der Waals surface area contributed by atoms with Crippen LogP contribution >= 0.6 is 22.6 Å². The maximum absolute atomic E-state index is 11.1. The van der Waals surface area contributed by atoms with Gasteiger partial charge in [0.1, 0.15) is 30.6 Å². The Balaban J connectivity index is 2.10. The standard InChI is InChI=1S/C14H17IN4O2S/c1-8-4-11(21-10(8)6-20)19-5-9(15)12-13(18-22(2)3)16-7-17-14(12)19/h5-8,10-11H,4H2,1-3H3/t8-,10+,11+/m0/s1. The topological polar surface area (TPSA) is 69.4 Å². The predicted molar refractivity (Wildman–Crippen MR) is 95.3 cm³/mol. The van der Waals surface area contributed by atoms with Gasteiger partial charge in [0, 0.05) is 9.77 Å². The first kappa shape index (κ1) is 16.0. The summed E-state index contributed by atoms with van der Waals surface area (Å²) in [6.07, 6.45) is 8.82. The highest BCUT2D eigenvalue weighted by Gasteiger charge is 2.34. The molecule has 22 heavy (non-hydrogen) atoms. The second-order valence-electron chi connectivity index (χ2n) is 5.55. The van der Waals surface area contributed by atoms with E-state index in [0.717, 1.165) is 33.1 Å². The fraction of sp³-hybridized carbons (Fsp3) is 0.500. The van der Waals surface area contributed by atoms with Crippen LogP contribution in [0.4, 0.5) is 5.82 Å². The van der Waals surface area contributed by atoms with Gasteiger partial charge >= 0.3 is 0 Å². The van der Waals surface area contributed by atoms with Crippen LogP contribution in [0, 0.1) is 9.49 Å². The summed E-state index contributed by atoms with van der Waals surface area (Å²) >= 11 is 2.27. The molecule has 0 amide bonds. The Morgan fingerprint density at radius 2 is 2.27 bits per heavy atom. The first-order valence-electron chi connectivity index (χ1n) is 6.92. The third kappa shape index (κ3) is 2.83. The number of aldehydes is 1. The van der Waals surface area contributed by atoms with Crippen molar-refractivity contribution in [2.75, 3.05) is 12.5 Å². The average molecular weight is 432 g/mol. The second kappa shape index (κ2) is 6.32. The number of carbonyl (C=O) groups excluding carboxylic acids is 1. The smallest absolute Gasteiger partial charge is 0.172 e. The summed E-state index contributed by atoms with van der Waals surface area (Å²) in [5.41, 5.74) is 0.812. The zero-order valence-corrected chi connectivity index (χ0v) is 15.5. The monoisotopic (exact) mass is 432 g/mol. The van der Waals surface area contributed by atoms with Gasteiger partial charge in [-0.25, -0.2) is 14.3 Å². The van der Waals surface area contributed by atoms with E-state index in [2.05, 4.69) is 36.9 Å². The maximum atomic E-state index is 11.1. The second-order valence-corrected chi connectivity index (χ2v) is 8.44. The molecule has 0 N–H and O–H groups in total. The molecule has 0 bridgehead atoms. The molecule has 1 fully saturated rings. The molecule has 2 aromatic rings. The summed E-state index contributed by atoms with van der Waals surface area (Å²) in [7, 11) is -0.0918. The van der Waals surface area contributed by atoms with E-state index in [9.17, 15) is 4.79 Å². The minimum atomic E-state index is -0.344. The maximum Gasteiger partial charge on any atom is 0.172 e. The minimum Gasteiger partial charge on any atom is -0.347 e. The van der Waals surface area contributed by atoms with Crippen molar-refractivity contribution in [1.29, 1.82) is 0 Å². The number of fused-ring (bicyclic) bond motifs is 1. The van der Waals surface area contributed by atoms with Crippen LogP contribution in [0.5, 0.6) is 0 Å². The summed E-state index contributed by atoms with van der Waals surface area (Å²) in [5.74, 6) is 0.931. The van der Waals surface area contributed by atoms with Crippen LogP contribution in [0.3, 0.4) is 0 Å². The molecule has 1 aliphatic heterocycles. The van der Waals surface area contributed by atoms with E-state index in [4.69, 9.17) is 4.74 Å². The number of carbonyl (C=O) groups is 1. The Morgan fingerprint density at radius 1 is 1.50 bits per heavy atom. The van der Waals surface area contributed by atoms with Crippen molar-refractivity contribution in [2.45, 2.75) is 25.7 Å². The molecule has 6 nitrogen and oxygen atoms in total. The lowest BCUT2D eigenvalue weighted by atomic mass is 10.0. The van der Waals surface area contributed by atoms with Crippen molar-refractivity contribution in [3.63, 3.8) is 0 Å². The molecule has 0 radical (unpaired) electrons. The van der Waals surface area contributed by atoms with Gasteiger partial charge in [-0.05, 0) is 47.4 Å². The number of hydrogen-bond acceptors (Lipinski definition) is 5. The van der Waals surface area contributed by atoms with Gasteiger partial charge in [0.2, 0.25) is 0 Å². The highest BCUT2D eigenvalue weighted by Crippen LogP contribution is 2.37. The van der Waals surface area contributed by atoms with Crippen LogP contribution in [-0.4, -0.2) is 39.4 Å². The molecule has 0 aliphatic carbocycles. The number of halogens is 1. The van der Waals surface area contributed by atoms with Crippen LogP contribution in [0.1, 0.15) is 19.6 Å². The first-order chi connectivity index (χ1) is 10.5. The molecular formula is C14H17IN4O2S. The van der Waals surface area contributed by atoms with Crippen molar-refractivity contribution in [2.24, 2.45) is 10.3 Å². The lowest BCUT2D eigenvalue weighted by molar-refractivity contribution is -0.120. The van der Waals surface area contributed by atoms with Gasteiger partial charge in [-0.15, -0.1) is 0 Å². The van der Waals surface area contributed by atoms with Crippen molar-refractivity contribution in [3.8, 4) is 0 Å². The van der Waals surface area contributed by atoms with E-state index in [1.54, 1.807) is 0 Å². The molecule has 3 atom stereocenters. The molecular weight excluding hydrogens is 415 g/mol. The zero-order valence-electron chi connectivity index (χ0n) is 12.6. The Kier molecular flexibility index (Phi) is 4.60. The molecule has 2 aromatic heterocycles. The summed E-state index contributed by atoms with van der Waals surface area (Å²) in [6.45, 7) is 2.03. The minimum absolute atomic E-state index is 0.0918. The molecule has 0 saturated carbocycles. The quantitative estimate of drug-likeness (QED) is 0.553. The van der Waals surface area contributed by atoms with E-state index < -0.39 is 0 Å². The number of aromatic nitrogens is 3. The molecule has 118 valence electrons. The van der Waals surface area contributed by atoms with E-state index in [0.29, 0.717) is 0 Å². The normalized spacial score (nSPS) is 25.0. The van der Waals surface area contributed by atoms with Crippen molar-refractivity contribution >= 4 is 56.4 Å². The van der Waals surface area contributed by atoms with Crippen LogP contribution < -0.4 is 0 Å². The molecule has 1 aliphatic rings. The molecule has 8 heteroatoms. The molecule has 0 unspecified atom stereocenters. The average Bonchev–Trinajstić information content (AvgIpc) is 2.99. The third-order valence-electron chi connectivity index (χ3n) is 3.70. The molecule has 3 rings (SSSR count). The SMILES string of the molecule is C[C@H]1C[C@H](n2cc(I)c3c(N=S(C)C)ncnc32)O[C@@H]1C=O. The zero-order chi connectivity index (χ0) is 15.9. The van der Waals surface area contributed by atoms with Crippen molar-refractivity contribution < 1.29 is 9.53 Å². The third-order valence-corrected chi connectivity index (χ3v) is 5.06. The summed E-state index contributed by atoms with van der Waals surface area (Å²) in [5, 5.41) is 0.954. The summed E-state index contributed by atoms with van der Waals surface area (Å²) in [6, 6.07) is 0. The van der Waals surface area contributed by atoms with Gasteiger partial charge in [0.05, 0.1) is 5.39 Å². The lowest BCUT2D eigenvalue weighted by Gasteiger charge is -2.13. The van der Waals surface area contributed by atoms with Gasteiger partial charge in [0.25, 0.3) is 0 Å². The fourth-order valence-electron chi connectivity index (χ4n) is 2.65. The van der Waals surface area contributed by atoms with E-state index in [1.807, 2.05) is 30.2 Å². The van der Waals surface area contributed by atoms with Crippen LogP contribution in [0.15, 0.2) is 16.9 Å². The fourth-order valence-corrected chi connectivity index (χ4v) is 3.92. The summed E-state index contributed by atoms with van der Waals surface area (Å²) in [4.78, 5) is 19.8. The van der Waals surface area contributed by atoms with Crippen LogP contribution in [-0.2, 0) is 20.2 Å². The molecule has 3 heterocycles. The Hall–Kier alpha value is -0.870. The predicted octanol–water partition coefficient (Wildman–Crippen LogP) is 2.85. The van der Waals surface area contributed by atoms with Gasteiger partial charge in [-0.1, -0.05) is 17.6 Å². The molecule has 0 spiro atoms. The molecule has 0 aromatic carbocycles. The highest BCUT2D eigenvalue weighted by molar-refractivity contribution is 14.1. The van der Waals surface area contributed by atoms with Gasteiger partial charge in [-0.3, -0.25) is 0 Å². The highest BCUT2D eigenvalue weighted by atomic mass is 127. The van der Waals surface area contributed by atoms with Gasteiger partial charge in [-0.2, -0.15) is 0 Å². The Morgan fingerprint density at radius 3 is 2.91 bits per heavy atom. The van der Waals surface area contributed by atoms with Crippen LogP contribution in [0.25, 0.3) is 11.0 Å². The van der Waals surface area contributed by atoms with E-state index >= 15 is 0 Å². The largest absolute Gasteiger partial charge is 0.347 e. The Bertz CT molecular complexity index is 757. The number of hydrogen-bond donors (Lipinski definition) is 0. The van der Waals surface area contributed by atoms with Crippen molar-refractivity contribution in [1.82, 2.24) is 14.5 Å². The number of rotatable bonds is 3. The molecule has 1 saturated heterocycles. The first-order valence-corrected chi connectivity index (χ1v) is 10.00. The van der Waals surface area contributed by atoms with Gasteiger partial charge in [0.15, 0.2) is 5.82 Å². The Labute approximate surface area is 144 Å². The van der Waals surface area contributed by atoms with Crippen molar-refractivity contribution in [3.05, 3.63) is 16.1 Å². The van der Waals surface area contributed by atoms with E-state index in [1.165, 1.54) is 6.33 Å².